The van der Waals surface area contributed by atoms with Crippen molar-refractivity contribution in [3.05, 3.63) is 59.4 Å². The zero-order valence-electron chi connectivity index (χ0n) is 20.0. The van der Waals surface area contributed by atoms with Gasteiger partial charge in [0.2, 0.25) is 5.91 Å². The fourth-order valence-electron chi connectivity index (χ4n) is 3.52. The number of hydrogen-bond donors (Lipinski definition) is 2. The molecule has 0 radical (unpaired) electrons. The van der Waals surface area contributed by atoms with E-state index in [0.717, 1.165) is 15.3 Å². The Bertz CT molecular complexity index is 1150. The van der Waals surface area contributed by atoms with Gasteiger partial charge in [0.05, 0.1) is 28.8 Å². The average Bonchev–Trinajstić information content (AvgIpc) is 3.29. The van der Waals surface area contributed by atoms with Crippen LogP contribution in [0, 0.1) is 6.92 Å². The van der Waals surface area contributed by atoms with Gasteiger partial charge in [0, 0.05) is 38.9 Å². The molecule has 1 aliphatic heterocycles. The fourth-order valence-corrected chi connectivity index (χ4v) is 5.45. The molecule has 1 aromatic heterocycles. The zero-order chi connectivity index (χ0) is 25.5. The largest absolute Gasteiger partial charge is 0.496 e. The second-order valence-corrected chi connectivity index (χ2v) is 10.2. The second kappa shape index (κ2) is 11.9. The number of amides is 3. The summed E-state index contributed by atoms with van der Waals surface area (Å²) in [5, 5.41) is 3.11. The quantitative estimate of drug-likeness (QED) is 0.315. The third-order valence-corrected chi connectivity index (χ3v) is 7.69. The molecule has 0 saturated carbocycles. The SMILES string of the molecule is C=C/C=C(\N)C(=O)Nc1ncc(SCc2cc(C(=O)N3CCN(C(C)=O)CC3)c(OC)cc2C)s1. The maximum absolute atomic E-state index is 13.3. The van der Waals surface area contributed by atoms with Gasteiger partial charge >= 0.3 is 0 Å². The number of hydrogen-bond acceptors (Lipinski definition) is 8. The fraction of sp³-hybridized carbons (Fsp3) is 0.333. The predicted octanol–water partition coefficient (Wildman–Crippen LogP) is 3.02. The molecule has 3 N–H and O–H groups in total. The van der Waals surface area contributed by atoms with Crippen LogP contribution in [0.15, 0.2) is 47.0 Å². The van der Waals surface area contributed by atoms with Gasteiger partial charge in [0.15, 0.2) is 5.13 Å². The van der Waals surface area contributed by atoms with Crippen molar-refractivity contribution in [2.45, 2.75) is 23.8 Å². The van der Waals surface area contributed by atoms with Gasteiger partial charge in [0.1, 0.15) is 5.75 Å². The first-order chi connectivity index (χ1) is 16.7. The molecule has 3 rings (SSSR count). The minimum absolute atomic E-state index is 0.0202. The van der Waals surface area contributed by atoms with Crippen molar-refractivity contribution in [2.75, 3.05) is 38.6 Å². The number of anilines is 1. The first-order valence-corrected chi connectivity index (χ1v) is 12.7. The summed E-state index contributed by atoms with van der Waals surface area (Å²) in [6.07, 6.45) is 4.56. The Morgan fingerprint density at radius 2 is 1.94 bits per heavy atom. The Hall–Kier alpha value is -3.31. The van der Waals surface area contributed by atoms with Gasteiger partial charge in [-0.05, 0) is 36.3 Å². The van der Waals surface area contributed by atoms with Crippen LogP contribution in [0.5, 0.6) is 5.75 Å². The van der Waals surface area contributed by atoms with Crippen LogP contribution in [0.25, 0.3) is 0 Å². The zero-order valence-corrected chi connectivity index (χ0v) is 21.6. The Morgan fingerprint density at radius 3 is 2.57 bits per heavy atom. The molecule has 0 bridgehead atoms. The predicted molar refractivity (Wildman–Crippen MR) is 139 cm³/mol. The number of allylic oxidation sites excluding steroid dienone is 2. The van der Waals surface area contributed by atoms with E-state index in [4.69, 9.17) is 10.5 Å². The molecule has 2 heterocycles. The van der Waals surface area contributed by atoms with Gasteiger partial charge in [-0.3, -0.25) is 19.7 Å². The highest BCUT2D eigenvalue weighted by Gasteiger charge is 2.26. The Balaban J connectivity index is 1.69. The highest BCUT2D eigenvalue weighted by atomic mass is 32.2. The summed E-state index contributed by atoms with van der Waals surface area (Å²) in [5.41, 5.74) is 8.23. The Kier molecular flexibility index (Phi) is 8.94. The average molecular weight is 516 g/mol. The number of methoxy groups -OCH3 is 1. The molecule has 1 fully saturated rings. The van der Waals surface area contributed by atoms with Crippen molar-refractivity contribution >= 4 is 46.0 Å². The molecule has 3 amide bonds. The number of nitrogens with two attached hydrogens (primary N) is 1. The van der Waals surface area contributed by atoms with Crippen molar-refractivity contribution in [1.29, 1.82) is 0 Å². The van der Waals surface area contributed by atoms with E-state index in [1.165, 1.54) is 23.5 Å². The smallest absolute Gasteiger partial charge is 0.273 e. The van der Waals surface area contributed by atoms with Gasteiger partial charge < -0.3 is 20.3 Å². The molecule has 0 unspecified atom stereocenters. The van der Waals surface area contributed by atoms with E-state index < -0.39 is 5.91 Å². The highest BCUT2D eigenvalue weighted by molar-refractivity contribution is 8.00. The van der Waals surface area contributed by atoms with Crippen LogP contribution in [0.2, 0.25) is 0 Å². The minimum atomic E-state index is -0.436. The number of benzene rings is 1. The Morgan fingerprint density at radius 1 is 1.26 bits per heavy atom. The van der Waals surface area contributed by atoms with E-state index in [1.807, 2.05) is 19.1 Å². The summed E-state index contributed by atoms with van der Waals surface area (Å²) in [7, 11) is 1.55. The third kappa shape index (κ3) is 6.64. The standard InChI is InChI=1S/C24H29N5O4S2/c1-5-6-19(25)22(31)27-24-26-13-21(35-24)34-14-17-12-18(20(33-4)11-15(17)2)23(32)29-9-7-28(8-10-29)16(3)30/h5-6,11-13H,1,7-10,14,25H2,2-4H3,(H,26,27,31)/b19-6-. The highest BCUT2D eigenvalue weighted by Crippen LogP contribution is 2.33. The maximum Gasteiger partial charge on any atom is 0.273 e. The van der Waals surface area contributed by atoms with Crippen molar-refractivity contribution in [1.82, 2.24) is 14.8 Å². The van der Waals surface area contributed by atoms with Gasteiger partial charge in [-0.25, -0.2) is 4.98 Å². The van der Waals surface area contributed by atoms with E-state index >= 15 is 0 Å². The van der Waals surface area contributed by atoms with Crippen LogP contribution >= 0.6 is 23.1 Å². The summed E-state index contributed by atoms with van der Waals surface area (Å²) in [6, 6.07) is 3.76. The number of aryl methyl sites for hydroxylation is 1. The van der Waals surface area contributed by atoms with Gasteiger partial charge in [-0.15, -0.1) is 11.8 Å². The number of ether oxygens (including phenoxy) is 1. The normalized spacial score (nSPS) is 14.0. The lowest BCUT2D eigenvalue weighted by molar-refractivity contribution is -0.130. The van der Waals surface area contributed by atoms with Crippen LogP contribution < -0.4 is 15.8 Å². The molecule has 0 spiro atoms. The van der Waals surface area contributed by atoms with Gasteiger partial charge in [0.25, 0.3) is 11.8 Å². The van der Waals surface area contributed by atoms with E-state index in [0.29, 0.717) is 48.4 Å². The molecular weight excluding hydrogens is 486 g/mol. The van der Waals surface area contributed by atoms with E-state index in [1.54, 1.807) is 41.8 Å². The number of thiazole rings is 1. The molecular formula is C24H29N5O4S2. The molecule has 2 aromatic rings. The molecule has 0 aliphatic carbocycles. The van der Waals surface area contributed by atoms with Crippen LogP contribution in [-0.4, -0.2) is 65.8 Å². The molecule has 186 valence electrons. The monoisotopic (exact) mass is 515 g/mol. The lowest BCUT2D eigenvalue weighted by Crippen LogP contribution is -2.50. The van der Waals surface area contributed by atoms with Crippen LogP contribution in [-0.2, 0) is 15.3 Å². The van der Waals surface area contributed by atoms with Crippen LogP contribution in [0.1, 0.15) is 28.4 Å². The maximum atomic E-state index is 13.3. The molecule has 1 saturated heterocycles. The topological polar surface area (TPSA) is 118 Å². The number of nitrogens with one attached hydrogen (secondary N) is 1. The molecule has 9 nitrogen and oxygen atoms in total. The molecule has 1 aromatic carbocycles. The van der Waals surface area contributed by atoms with Crippen LogP contribution in [0.4, 0.5) is 5.13 Å². The van der Waals surface area contributed by atoms with E-state index in [-0.39, 0.29) is 17.5 Å². The summed E-state index contributed by atoms with van der Waals surface area (Å²) >= 11 is 2.90. The molecule has 35 heavy (non-hydrogen) atoms. The van der Waals surface area contributed by atoms with Crippen LogP contribution in [0.3, 0.4) is 0 Å². The lowest BCUT2D eigenvalue weighted by Gasteiger charge is -2.34. The first kappa shape index (κ1) is 26.3. The number of carbonyl (C=O) groups excluding carboxylic acids is 3. The van der Waals surface area contributed by atoms with Gasteiger partial charge in [-0.1, -0.05) is 24.0 Å². The van der Waals surface area contributed by atoms with Crippen molar-refractivity contribution in [3.8, 4) is 5.75 Å². The molecule has 0 atom stereocenters. The van der Waals surface area contributed by atoms with E-state index in [9.17, 15) is 14.4 Å². The van der Waals surface area contributed by atoms with Gasteiger partial charge in [-0.2, -0.15) is 0 Å². The summed E-state index contributed by atoms with van der Waals surface area (Å²) < 4.78 is 6.42. The molecule has 11 heteroatoms. The van der Waals surface area contributed by atoms with E-state index in [2.05, 4.69) is 16.9 Å². The first-order valence-electron chi connectivity index (χ1n) is 10.9. The summed E-state index contributed by atoms with van der Waals surface area (Å²) in [6.45, 7) is 9.06. The number of thioether (sulfide) groups is 1. The van der Waals surface area contributed by atoms with Crippen molar-refractivity contribution < 1.29 is 19.1 Å². The number of carbonyl (C=O) groups is 3. The molecule has 1 aliphatic rings. The second-order valence-electron chi connectivity index (χ2n) is 7.86. The summed E-state index contributed by atoms with van der Waals surface area (Å²) in [5.74, 6) is 0.621. The lowest BCUT2D eigenvalue weighted by atomic mass is 10.0. The minimum Gasteiger partial charge on any atom is -0.496 e. The number of nitrogens with zero attached hydrogens (tertiary/aromatic N) is 3. The summed E-state index contributed by atoms with van der Waals surface area (Å²) in [4.78, 5) is 44.6. The van der Waals surface area contributed by atoms with Crippen molar-refractivity contribution in [2.24, 2.45) is 5.73 Å². The number of rotatable bonds is 8. The number of aromatic nitrogens is 1. The number of piperazine rings is 1. The van der Waals surface area contributed by atoms with Crippen molar-refractivity contribution in [3.63, 3.8) is 0 Å². The third-order valence-electron chi connectivity index (χ3n) is 5.54. The Labute approximate surface area is 213 Å².